The molecule has 0 aliphatic heterocycles. The van der Waals surface area contributed by atoms with Crippen molar-refractivity contribution in [2.24, 2.45) is 10.9 Å². The van der Waals surface area contributed by atoms with Crippen molar-refractivity contribution in [1.82, 2.24) is 10.6 Å². The molecule has 0 amide bonds. The van der Waals surface area contributed by atoms with Crippen molar-refractivity contribution < 1.29 is 4.74 Å². The molecule has 0 aliphatic carbocycles. The van der Waals surface area contributed by atoms with Gasteiger partial charge in [0.05, 0.1) is 6.61 Å². The van der Waals surface area contributed by atoms with Crippen molar-refractivity contribution in [3.63, 3.8) is 0 Å². The van der Waals surface area contributed by atoms with Gasteiger partial charge >= 0.3 is 0 Å². The van der Waals surface area contributed by atoms with Crippen LogP contribution in [-0.4, -0.2) is 26.2 Å². The molecule has 0 aliphatic rings. The van der Waals surface area contributed by atoms with Gasteiger partial charge in [-0.1, -0.05) is 26.0 Å². The minimum Gasteiger partial charge on any atom is -0.494 e. The van der Waals surface area contributed by atoms with Gasteiger partial charge in [-0.3, -0.25) is 4.99 Å². The van der Waals surface area contributed by atoms with Gasteiger partial charge in [-0.25, -0.2) is 0 Å². The summed E-state index contributed by atoms with van der Waals surface area (Å²) >= 11 is 0. The maximum atomic E-state index is 5.50. The van der Waals surface area contributed by atoms with Crippen LogP contribution in [0, 0.1) is 5.92 Å². The van der Waals surface area contributed by atoms with Crippen molar-refractivity contribution in [1.29, 1.82) is 0 Å². The largest absolute Gasteiger partial charge is 0.494 e. The Morgan fingerprint density at radius 1 is 1.29 bits per heavy atom. The number of ether oxygens (including phenoxy) is 1. The van der Waals surface area contributed by atoms with Crippen molar-refractivity contribution in [2.45, 2.75) is 33.7 Å². The Morgan fingerprint density at radius 2 is 2.05 bits per heavy atom. The van der Waals surface area contributed by atoms with Gasteiger partial charge in [0.25, 0.3) is 0 Å². The highest BCUT2D eigenvalue weighted by Gasteiger charge is 2.00. The van der Waals surface area contributed by atoms with Crippen LogP contribution in [0.1, 0.15) is 32.8 Å². The van der Waals surface area contributed by atoms with E-state index < -0.39 is 0 Å². The van der Waals surface area contributed by atoms with E-state index in [1.807, 2.05) is 19.1 Å². The molecular formula is C16H28IN3O. The van der Waals surface area contributed by atoms with Crippen LogP contribution in [0.25, 0.3) is 0 Å². The number of benzene rings is 1. The lowest BCUT2D eigenvalue weighted by Gasteiger charge is -2.13. The molecule has 120 valence electrons. The second kappa shape index (κ2) is 11.7. The second-order valence-corrected chi connectivity index (χ2v) is 5.12. The minimum absolute atomic E-state index is 0. The molecule has 0 saturated heterocycles. The second-order valence-electron chi connectivity index (χ2n) is 5.12. The third kappa shape index (κ3) is 8.80. The van der Waals surface area contributed by atoms with E-state index in [1.165, 1.54) is 5.56 Å². The standard InChI is InChI=1S/C16H27N3O.HI/c1-5-20-15-8-6-7-14(11-15)12-19-16(17-4)18-10-9-13(2)3;/h6-8,11,13H,5,9-10,12H2,1-4H3,(H2,17,18,19);1H. The smallest absolute Gasteiger partial charge is 0.191 e. The molecule has 21 heavy (non-hydrogen) atoms. The molecule has 0 bridgehead atoms. The fourth-order valence-corrected chi connectivity index (χ4v) is 1.80. The van der Waals surface area contributed by atoms with Crippen molar-refractivity contribution in [2.75, 3.05) is 20.2 Å². The molecule has 2 N–H and O–H groups in total. The molecule has 5 heteroatoms. The zero-order chi connectivity index (χ0) is 14.8. The molecular weight excluding hydrogens is 377 g/mol. The molecule has 0 spiro atoms. The van der Waals surface area contributed by atoms with Crippen LogP contribution < -0.4 is 15.4 Å². The van der Waals surface area contributed by atoms with E-state index in [0.717, 1.165) is 31.2 Å². The first-order valence-corrected chi connectivity index (χ1v) is 7.32. The van der Waals surface area contributed by atoms with Crippen molar-refractivity contribution in [3.05, 3.63) is 29.8 Å². The molecule has 0 unspecified atom stereocenters. The summed E-state index contributed by atoms with van der Waals surface area (Å²) in [6.07, 6.45) is 1.14. The number of rotatable bonds is 7. The Kier molecular flexibility index (Phi) is 11.1. The average Bonchev–Trinajstić information content (AvgIpc) is 2.43. The van der Waals surface area contributed by atoms with E-state index in [2.05, 4.69) is 41.6 Å². The number of hydrogen-bond acceptors (Lipinski definition) is 2. The van der Waals surface area contributed by atoms with Crippen LogP contribution in [-0.2, 0) is 6.54 Å². The normalized spacial score (nSPS) is 11.0. The molecule has 1 aromatic carbocycles. The third-order valence-electron chi connectivity index (χ3n) is 2.91. The Morgan fingerprint density at radius 3 is 2.67 bits per heavy atom. The van der Waals surface area contributed by atoms with Crippen molar-refractivity contribution in [3.8, 4) is 5.75 Å². The van der Waals surface area contributed by atoms with E-state index in [4.69, 9.17) is 4.74 Å². The molecule has 1 rings (SSSR count). The van der Waals surface area contributed by atoms with Gasteiger partial charge in [-0.05, 0) is 37.0 Å². The van der Waals surface area contributed by atoms with Crippen LogP contribution in [0.5, 0.6) is 5.75 Å². The highest BCUT2D eigenvalue weighted by Crippen LogP contribution is 2.12. The van der Waals surface area contributed by atoms with E-state index in [1.54, 1.807) is 7.05 Å². The number of nitrogens with zero attached hydrogens (tertiary/aromatic N) is 1. The number of nitrogens with one attached hydrogen (secondary N) is 2. The highest BCUT2D eigenvalue weighted by molar-refractivity contribution is 14.0. The molecule has 0 aromatic heterocycles. The Bertz CT molecular complexity index is 422. The molecule has 1 aromatic rings. The summed E-state index contributed by atoms with van der Waals surface area (Å²) in [6.45, 7) is 8.80. The topological polar surface area (TPSA) is 45.6 Å². The van der Waals surface area contributed by atoms with Crippen LogP contribution in [0.2, 0.25) is 0 Å². The highest BCUT2D eigenvalue weighted by atomic mass is 127. The quantitative estimate of drug-likeness (QED) is 0.415. The summed E-state index contributed by atoms with van der Waals surface area (Å²) in [5.74, 6) is 2.45. The van der Waals surface area contributed by atoms with Gasteiger partial charge in [-0.15, -0.1) is 24.0 Å². The lowest BCUT2D eigenvalue weighted by atomic mass is 10.1. The predicted octanol–water partition coefficient (Wildman–Crippen LogP) is 3.41. The average molecular weight is 405 g/mol. The summed E-state index contributed by atoms with van der Waals surface area (Å²) < 4.78 is 5.50. The number of halogens is 1. The maximum absolute atomic E-state index is 5.50. The van der Waals surface area contributed by atoms with Gasteiger partial charge in [0.2, 0.25) is 0 Å². The fourth-order valence-electron chi connectivity index (χ4n) is 1.80. The van der Waals surface area contributed by atoms with Crippen LogP contribution in [0.15, 0.2) is 29.3 Å². The van der Waals surface area contributed by atoms with Crippen LogP contribution >= 0.6 is 24.0 Å². The van der Waals surface area contributed by atoms with Crippen LogP contribution in [0.4, 0.5) is 0 Å². The third-order valence-corrected chi connectivity index (χ3v) is 2.91. The summed E-state index contributed by atoms with van der Waals surface area (Å²) in [5, 5.41) is 6.63. The molecule has 0 atom stereocenters. The maximum Gasteiger partial charge on any atom is 0.191 e. The van der Waals surface area contributed by atoms with Crippen LogP contribution in [0.3, 0.4) is 0 Å². The summed E-state index contributed by atoms with van der Waals surface area (Å²) in [5.41, 5.74) is 1.18. The summed E-state index contributed by atoms with van der Waals surface area (Å²) in [7, 11) is 1.79. The number of guanidine groups is 1. The number of aliphatic imine (C=N–C) groups is 1. The molecule has 0 fully saturated rings. The molecule has 0 saturated carbocycles. The number of hydrogen-bond donors (Lipinski definition) is 2. The summed E-state index contributed by atoms with van der Waals surface area (Å²) in [4.78, 5) is 4.22. The molecule has 0 radical (unpaired) electrons. The van der Waals surface area contributed by atoms with Gasteiger partial charge < -0.3 is 15.4 Å². The lowest BCUT2D eigenvalue weighted by molar-refractivity contribution is 0.340. The first-order chi connectivity index (χ1) is 9.65. The van der Waals surface area contributed by atoms with Gasteiger partial charge in [0.1, 0.15) is 5.75 Å². The zero-order valence-electron chi connectivity index (χ0n) is 13.5. The first kappa shape index (κ1) is 20.0. The summed E-state index contributed by atoms with van der Waals surface area (Å²) in [6, 6.07) is 8.12. The molecule has 0 heterocycles. The Hall–Kier alpha value is -0.980. The Balaban J connectivity index is 0.00000400. The van der Waals surface area contributed by atoms with E-state index in [0.29, 0.717) is 12.5 Å². The SMILES string of the molecule is CCOc1cccc(CNC(=NC)NCCC(C)C)c1.I. The van der Waals surface area contributed by atoms with Crippen molar-refractivity contribution >= 4 is 29.9 Å². The fraction of sp³-hybridized carbons (Fsp3) is 0.562. The zero-order valence-corrected chi connectivity index (χ0v) is 15.8. The first-order valence-electron chi connectivity index (χ1n) is 7.32. The lowest BCUT2D eigenvalue weighted by Crippen LogP contribution is -2.37. The van der Waals surface area contributed by atoms with E-state index in [9.17, 15) is 0 Å². The van der Waals surface area contributed by atoms with Gasteiger partial charge in [0.15, 0.2) is 5.96 Å². The minimum atomic E-state index is 0. The van der Waals surface area contributed by atoms with Gasteiger partial charge in [0, 0.05) is 20.1 Å². The van der Waals surface area contributed by atoms with Gasteiger partial charge in [-0.2, -0.15) is 0 Å². The van der Waals surface area contributed by atoms with E-state index >= 15 is 0 Å². The Labute approximate surface area is 145 Å². The monoisotopic (exact) mass is 405 g/mol. The molecule has 4 nitrogen and oxygen atoms in total. The van der Waals surface area contributed by atoms with E-state index in [-0.39, 0.29) is 24.0 Å². The predicted molar refractivity (Wildman–Crippen MR) is 101 cm³/mol.